The van der Waals surface area contributed by atoms with Gasteiger partial charge in [0.05, 0.1) is 6.54 Å². The highest BCUT2D eigenvalue weighted by atomic mass is 32.2. The number of rotatable bonds is 6. The van der Waals surface area contributed by atoms with Crippen LogP contribution in [0, 0.1) is 0 Å². The molecule has 0 aliphatic carbocycles. The number of aryl methyl sites for hydroxylation is 2. The molecule has 1 aromatic carbocycles. The van der Waals surface area contributed by atoms with E-state index in [0.29, 0.717) is 42.2 Å². The first kappa shape index (κ1) is 22.9. The van der Waals surface area contributed by atoms with Crippen molar-refractivity contribution in [3.8, 4) is 5.75 Å². The number of nitrogens with one attached hydrogen (secondary N) is 1. The zero-order chi connectivity index (χ0) is 23.7. The Bertz CT molecular complexity index is 1300. The molecule has 0 atom stereocenters. The molecule has 1 aliphatic rings. The van der Waals surface area contributed by atoms with Gasteiger partial charge in [-0.1, -0.05) is 37.3 Å². The molecule has 9 nitrogen and oxygen atoms in total. The number of Topliss-reactive ketones (excluding diaryl/α,β-unsaturated/α-hetero) is 1. The highest BCUT2D eigenvalue weighted by Crippen LogP contribution is 2.28. The summed E-state index contributed by atoms with van der Waals surface area (Å²) >= 11 is 0. The van der Waals surface area contributed by atoms with Crippen LogP contribution in [0.3, 0.4) is 0 Å². The van der Waals surface area contributed by atoms with Crippen molar-refractivity contribution in [1.29, 1.82) is 0 Å². The third-order valence-electron chi connectivity index (χ3n) is 6.00. The second-order valence-corrected chi connectivity index (χ2v) is 9.81. The molecule has 3 heterocycles. The molecule has 10 heteroatoms. The normalized spacial score (nSPS) is 18.4. The topological polar surface area (TPSA) is 123 Å². The van der Waals surface area contributed by atoms with E-state index in [2.05, 4.69) is 10.3 Å². The molecule has 1 amide bonds. The molecule has 174 valence electrons. The number of ketones is 1. The fourth-order valence-electron chi connectivity index (χ4n) is 4.16. The molecule has 2 N–H and O–H groups in total. The maximum absolute atomic E-state index is 13.3. The van der Waals surface area contributed by atoms with E-state index < -0.39 is 28.0 Å². The SMILES string of the molecule is CCc1nc2c(c(O)c(C(=O)NC3CCS(=O)CC3)n2C)c(=O)n1CC(=O)c1ccccc1. The highest BCUT2D eigenvalue weighted by Gasteiger charge is 2.28. The zero-order valence-corrected chi connectivity index (χ0v) is 19.4. The standard InChI is InChI=1S/C23H26N4O5S/c1-3-17-25-21-18(23(31)27(17)13-16(28)14-7-5-4-6-8-14)20(29)19(26(21)2)22(30)24-15-9-11-33(32)12-10-15/h4-8,15,29H,3,9-13H2,1-2H3,(H,24,30). The lowest BCUT2D eigenvalue weighted by molar-refractivity contribution is 0.0922. The van der Waals surface area contributed by atoms with Crippen LogP contribution in [-0.2, 0) is 30.8 Å². The summed E-state index contributed by atoms with van der Waals surface area (Å²) in [6.07, 6.45) is 1.57. The third-order valence-corrected chi connectivity index (χ3v) is 7.38. The number of aromatic hydroxyl groups is 1. The summed E-state index contributed by atoms with van der Waals surface area (Å²) in [5.41, 5.74) is 0.0294. The molecule has 2 aromatic heterocycles. The predicted molar refractivity (Wildman–Crippen MR) is 125 cm³/mol. The van der Waals surface area contributed by atoms with Gasteiger partial charge in [-0.05, 0) is 12.8 Å². The van der Waals surface area contributed by atoms with Crippen LogP contribution < -0.4 is 10.9 Å². The Kier molecular flexibility index (Phi) is 6.46. The predicted octanol–water partition coefficient (Wildman–Crippen LogP) is 1.53. The Hall–Kier alpha value is -3.27. The van der Waals surface area contributed by atoms with Crippen molar-refractivity contribution in [1.82, 2.24) is 19.4 Å². The third kappa shape index (κ3) is 4.35. The number of hydrogen-bond acceptors (Lipinski definition) is 6. The molecular formula is C23H26N4O5S. The summed E-state index contributed by atoms with van der Waals surface area (Å²) in [6, 6.07) is 8.50. The monoisotopic (exact) mass is 470 g/mol. The number of carbonyl (C=O) groups is 2. The van der Waals surface area contributed by atoms with Crippen molar-refractivity contribution < 1.29 is 18.9 Å². The average Bonchev–Trinajstić information content (AvgIpc) is 3.07. The van der Waals surface area contributed by atoms with Crippen LogP contribution in [0.25, 0.3) is 11.0 Å². The first-order valence-electron chi connectivity index (χ1n) is 10.9. The van der Waals surface area contributed by atoms with Gasteiger partial charge in [-0.3, -0.25) is 23.2 Å². The van der Waals surface area contributed by atoms with Gasteiger partial charge in [-0.2, -0.15) is 0 Å². The quantitative estimate of drug-likeness (QED) is 0.527. The molecule has 33 heavy (non-hydrogen) atoms. The van der Waals surface area contributed by atoms with Gasteiger partial charge in [-0.25, -0.2) is 4.98 Å². The minimum Gasteiger partial charge on any atom is -0.505 e. The summed E-state index contributed by atoms with van der Waals surface area (Å²) in [6.45, 7) is 1.60. The van der Waals surface area contributed by atoms with Crippen molar-refractivity contribution in [3.63, 3.8) is 0 Å². The number of hydrogen-bond donors (Lipinski definition) is 2. The molecule has 0 saturated carbocycles. The van der Waals surface area contributed by atoms with Crippen molar-refractivity contribution in [2.75, 3.05) is 11.5 Å². The van der Waals surface area contributed by atoms with Crippen LogP contribution in [0.15, 0.2) is 35.1 Å². The number of benzene rings is 1. The Labute approximate surface area is 192 Å². The molecular weight excluding hydrogens is 444 g/mol. The fourth-order valence-corrected chi connectivity index (χ4v) is 5.46. The van der Waals surface area contributed by atoms with Crippen LogP contribution in [0.4, 0.5) is 0 Å². The van der Waals surface area contributed by atoms with Gasteiger partial charge in [0.15, 0.2) is 22.9 Å². The maximum atomic E-state index is 13.3. The summed E-state index contributed by atoms with van der Waals surface area (Å²) in [5.74, 6) is 0.206. The van der Waals surface area contributed by atoms with Gasteiger partial charge < -0.3 is 15.0 Å². The molecule has 4 rings (SSSR count). The Morgan fingerprint density at radius 1 is 1.21 bits per heavy atom. The van der Waals surface area contributed by atoms with Gasteiger partial charge in [0, 0.05) is 47.4 Å². The van der Waals surface area contributed by atoms with E-state index in [1.165, 1.54) is 9.13 Å². The van der Waals surface area contributed by atoms with Crippen molar-refractivity contribution in [2.45, 2.75) is 38.8 Å². The van der Waals surface area contributed by atoms with Gasteiger partial charge >= 0.3 is 0 Å². The molecule has 1 fully saturated rings. The second-order valence-electron chi connectivity index (χ2n) is 8.11. The van der Waals surface area contributed by atoms with E-state index in [0.717, 1.165) is 0 Å². The van der Waals surface area contributed by atoms with E-state index in [1.807, 2.05) is 6.92 Å². The maximum Gasteiger partial charge on any atom is 0.272 e. The van der Waals surface area contributed by atoms with Crippen LogP contribution in [0.5, 0.6) is 5.75 Å². The van der Waals surface area contributed by atoms with E-state index in [9.17, 15) is 23.7 Å². The van der Waals surface area contributed by atoms with E-state index >= 15 is 0 Å². The first-order valence-corrected chi connectivity index (χ1v) is 12.4. The van der Waals surface area contributed by atoms with Crippen LogP contribution in [0.2, 0.25) is 0 Å². The number of carbonyl (C=O) groups excluding carboxylic acids is 2. The fraction of sp³-hybridized carbons (Fsp3) is 0.391. The van der Waals surface area contributed by atoms with Crippen LogP contribution in [0.1, 0.15) is 46.4 Å². The number of fused-ring (bicyclic) bond motifs is 1. The Balaban J connectivity index is 1.72. The number of nitrogens with zero attached hydrogens (tertiary/aromatic N) is 3. The van der Waals surface area contributed by atoms with Gasteiger partial charge in [0.2, 0.25) is 0 Å². The number of aromatic nitrogens is 3. The first-order chi connectivity index (χ1) is 15.8. The lowest BCUT2D eigenvalue weighted by atomic mass is 10.1. The molecule has 0 unspecified atom stereocenters. The molecule has 0 bridgehead atoms. The second kappa shape index (κ2) is 9.30. The average molecular weight is 471 g/mol. The minimum absolute atomic E-state index is 0.0597. The Morgan fingerprint density at radius 3 is 2.52 bits per heavy atom. The van der Waals surface area contributed by atoms with Crippen molar-refractivity contribution >= 4 is 33.5 Å². The summed E-state index contributed by atoms with van der Waals surface area (Å²) in [4.78, 5) is 43.6. The summed E-state index contributed by atoms with van der Waals surface area (Å²) < 4.78 is 14.2. The number of amides is 1. The van der Waals surface area contributed by atoms with E-state index in [1.54, 1.807) is 37.4 Å². The summed E-state index contributed by atoms with van der Waals surface area (Å²) in [5, 5.41) is 13.6. The zero-order valence-electron chi connectivity index (χ0n) is 18.5. The van der Waals surface area contributed by atoms with Crippen LogP contribution >= 0.6 is 0 Å². The molecule has 1 saturated heterocycles. The molecule has 3 aromatic rings. The van der Waals surface area contributed by atoms with Gasteiger partial charge in [0.1, 0.15) is 11.2 Å². The lowest BCUT2D eigenvalue weighted by Crippen LogP contribution is -2.40. The smallest absolute Gasteiger partial charge is 0.272 e. The highest BCUT2D eigenvalue weighted by molar-refractivity contribution is 7.85. The van der Waals surface area contributed by atoms with Gasteiger partial charge in [-0.15, -0.1) is 0 Å². The van der Waals surface area contributed by atoms with Crippen molar-refractivity contribution in [3.05, 3.63) is 57.8 Å². The Morgan fingerprint density at radius 2 is 1.88 bits per heavy atom. The minimum atomic E-state index is -0.857. The largest absolute Gasteiger partial charge is 0.505 e. The van der Waals surface area contributed by atoms with E-state index in [4.69, 9.17) is 0 Å². The molecule has 1 aliphatic heterocycles. The molecule has 0 radical (unpaired) electrons. The van der Waals surface area contributed by atoms with E-state index in [-0.39, 0.29) is 35.1 Å². The summed E-state index contributed by atoms with van der Waals surface area (Å²) in [7, 11) is 0.710. The lowest BCUT2D eigenvalue weighted by Gasteiger charge is -2.22. The van der Waals surface area contributed by atoms with Crippen LogP contribution in [-0.4, -0.2) is 52.7 Å². The molecule has 0 spiro atoms. The van der Waals surface area contributed by atoms with Crippen molar-refractivity contribution in [2.24, 2.45) is 7.05 Å². The van der Waals surface area contributed by atoms with Gasteiger partial charge in [0.25, 0.3) is 11.5 Å².